The van der Waals surface area contributed by atoms with Crippen molar-refractivity contribution in [3.05, 3.63) is 118 Å². The highest BCUT2D eigenvalue weighted by Gasteiger charge is 2.37. The maximum Gasteiger partial charge on any atom is 0.332 e. The van der Waals surface area contributed by atoms with Crippen molar-refractivity contribution in [3.63, 3.8) is 0 Å². The molecular formula is C27H28N2O4. The Labute approximate surface area is 194 Å². The smallest absolute Gasteiger partial charge is 0.332 e. The molecule has 0 saturated heterocycles. The van der Waals surface area contributed by atoms with E-state index in [9.17, 15) is 14.9 Å². The van der Waals surface area contributed by atoms with Crippen LogP contribution in [0.1, 0.15) is 43.4 Å². The van der Waals surface area contributed by atoms with E-state index in [4.69, 9.17) is 9.73 Å². The monoisotopic (exact) mass is 444 g/mol. The zero-order valence-corrected chi connectivity index (χ0v) is 19.0. The van der Waals surface area contributed by atoms with Gasteiger partial charge in [-0.25, -0.2) is 4.79 Å². The van der Waals surface area contributed by atoms with Crippen LogP contribution in [0.4, 0.5) is 0 Å². The van der Waals surface area contributed by atoms with Gasteiger partial charge in [-0.3, -0.25) is 15.1 Å². The summed E-state index contributed by atoms with van der Waals surface area (Å²) in [7, 11) is 0. The van der Waals surface area contributed by atoms with Gasteiger partial charge in [0.05, 0.1) is 11.6 Å². The van der Waals surface area contributed by atoms with E-state index < -0.39 is 35.0 Å². The quantitative estimate of drug-likeness (QED) is 0.204. The number of rotatable bonds is 8. The Hall–Kier alpha value is -3.80. The van der Waals surface area contributed by atoms with Gasteiger partial charge in [-0.05, 0) is 26.3 Å². The van der Waals surface area contributed by atoms with Crippen molar-refractivity contribution in [1.29, 1.82) is 0 Å². The lowest BCUT2D eigenvalue weighted by molar-refractivity contribution is -0.483. The minimum absolute atomic E-state index is 0.407. The van der Waals surface area contributed by atoms with Gasteiger partial charge in [0, 0.05) is 16.1 Å². The van der Waals surface area contributed by atoms with Crippen LogP contribution in [-0.2, 0) is 9.53 Å². The first-order valence-corrected chi connectivity index (χ1v) is 10.8. The Morgan fingerprint density at radius 1 is 0.879 bits per heavy atom. The number of nitrogens with zero attached hydrogens (tertiary/aromatic N) is 2. The maximum atomic E-state index is 13.4. The Kier molecular flexibility index (Phi) is 7.72. The molecule has 0 aliphatic rings. The SMILES string of the molecule is CC(C)(C)OC(=O)[C@@H](N=C(c1ccccc1)c1ccccc1)[C@H](C[N+](=O)[O-])c1ccccc1. The molecule has 33 heavy (non-hydrogen) atoms. The average Bonchev–Trinajstić information content (AvgIpc) is 2.79. The van der Waals surface area contributed by atoms with Gasteiger partial charge in [-0.2, -0.15) is 0 Å². The number of benzene rings is 3. The summed E-state index contributed by atoms with van der Waals surface area (Å²) in [5.41, 5.74) is 2.10. The van der Waals surface area contributed by atoms with E-state index in [1.54, 1.807) is 45.0 Å². The first-order chi connectivity index (χ1) is 15.7. The van der Waals surface area contributed by atoms with Crippen molar-refractivity contribution in [2.24, 2.45) is 4.99 Å². The number of carbonyl (C=O) groups excluding carboxylic acids is 1. The maximum absolute atomic E-state index is 13.4. The van der Waals surface area contributed by atoms with Gasteiger partial charge in [-0.15, -0.1) is 0 Å². The van der Waals surface area contributed by atoms with Crippen LogP contribution in [0.3, 0.4) is 0 Å². The molecule has 2 atom stereocenters. The lowest BCUT2D eigenvalue weighted by Gasteiger charge is -2.26. The van der Waals surface area contributed by atoms with Crippen LogP contribution in [0.25, 0.3) is 0 Å². The van der Waals surface area contributed by atoms with E-state index in [2.05, 4.69) is 0 Å². The molecule has 0 aliphatic carbocycles. The van der Waals surface area contributed by atoms with Crippen molar-refractivity contribution in [3.8, 4) is 0 Å². The standard InChI is InChI=1S/C27H28N2O4/c1-27(2,3)33-26(30)25(23(19-29(31)32)20-13-7-4-8-14-20)28-24(21-15-9-5-10-16-21)22-17-11-6-12-18-22/h4-18,23,25H,19H2,1-3H3/t23-,25+/m1/s1. The molecule has 0 radical (unpaired) electrons. The number of nitro groups is 1. The topological polar surface area (TPSA) is 81.8 Å². The van der Waals surface area contributed by atoms with Crippen molar-refractivity contribution >= 4 is 11.7 Å². The van der Waals surface area contributed by atoms with Crippen molar-refractivity contribution in [2.45, 2.75) is 38.3 Å². The van der Waals surface area contributed by atoms with Gasteiger partial charge in [0.15, 0.2) is 6.04 Å². The highest BCUT2D eigenvalue weighted by atomic mass is 16.6. The molecule has 0 aromatic heterocycles. The molecule has 6 heteroatoms. The fourth-order valence-electron chi connectivity index (χ4n) is 3.56. The first-order valence-electron chi connectivity index (χ1n) is 10.8. The molecule has 0 bridgehead atoms. The van der Waals surface area contributed by atoms with Crippen molar-refractivity contribution < 1.29 is 14.5 Å². The van der Waals surface area contributed by atoms with Crippen LogP contribution >= 0.6 is 0 Å². The predicted octanol–water partition coefficient (Wildman–Crippen LogP) is 5.29. The molecule has 6 nitrogen and oxygen atoms in total. The Bertz CT molecular complexity index is 1050. The largest absolute Gasteiger partial charge is 0.458 e. The molecule has 0 amide bonds. The first kappa shape index (κ1) is 23.9. The number of esters is 1. The van der Waals surface area contributed by atoms with Crippen LogP contribution in [0.15, 0.2) is 96.0 Å². The summed E-state index contributed by atoms with van der Waals surface area (Å²) >= 11 is 0. The fourth-order valence-corrected chi connectivity index (χ4v) is 3.56. The number of aliphatic imine (C=N–C) groups is 1. The van der Waals surface area contributed by atoms with Gasteiger partial charge in [0.2, 0.25) is 6.54 Å². The van der Waals surface area contributed by atoms with E-state index in [1.165, 1.54) is 0 Å². The predicted molar refractivity (Wildman–Crippen MR) is 129 cm³/mol. The summed E-state index contributed by atoms with van der Waals surface area (Å²) in [5, 5.41) is 11.6. The summed E-state index contributed by atoms with van der Waals surface area (Å²) in [6.45, 7) is 4.86. The van der Waals surface area contributed by atoms with Crippen LogP contribution in [0.2, 0.25) is 0 Å². The van der Waals surface area contributed by atoms with Gasteiger partial charge < -0.3 is 4.74 Å². The van der Waals surface area contributed by atoms with Gasteiger partial charge in [-0.1, -0.05) is 91.0 Å². The van der Waals surface area contributed by atoms with E-state index in [0.29, 0.717) is 11.3 Å². The molecule has 0 heterocycles. The molecule has 3 aromatic rings. The number of hydrogen-bond acceptors (Lipinski definition) is 5. The second-order valence-electron chi connectivity index (χ2n) is 8.72. The van der Waals surface area contributed by atoms with Gasteiger partial charge >= 0.3 is 5.97 Å². The van der Waals surface area contributed by atoms with Gasteiger partial charge in [0.1, 0.15) is 5.60 Å². The second-order valence-corrected chi connectivity index (χ2v) is 8.72. The lowest BCUT2D eigenvalue weighted by atomic mass is 9.90. The number of ether oxygens (including phenoxy) is 1. The summed E-state index contributed by atoms with van der Waals surface area (Å²) in [4.78, 5) is 29.5. The lowest BCUT2D eigenvalue weighted by Crippen LogP contribution is -2.37. The number of carbonyl (C=O) groups is 1. The highest BCUT2D eigenvalue weighted by molar-refractivity contribution is 6.13. The highest BCUT2D eigenvalue weighted by Crippen LogP contribution is 2.27. The molecule has 0 aliphatic heterocycles. The van der Waals surface area contributed by atoms with Gasteiger partial charge in [0.25, 0.3) is 0 Å². The van der Waals surface area contributed by atoms with E-state index in [-0.39, 0.29) is 0 Å². The molecule has 0 fully saturated rings. The fraction of sp³-hybridized carbons (Fsp3) is 0.259. The molecule has 0 spiro atoms. The zero-order valence-electron chi connectivity index (χ0n) is 19.0. The van der Waals surface area contributed by atoms with Crippen LogP contribution in [-0.4, -0.2) is 34.8 Å². The third-order valence-corrected chi connectivity index (χ3v) is 4.97. The molecular weight excluding hydrogens is 416 g/mol. The Morgan fingerprint density at radius 2 is 1.33 bits per heavy atom. The van der Waals surface area contributed by atoms with E-state index in [1.807, 2.05) is 66.7 Å². The third kappa shape index (κ3) is 6.84. The van der Waals surface area contributed by atoms with Crippen LogP contribution in [0.5, 0.6) is 0 Å². The molecule has 3 aromatic carbocycles. The summed E-state index contributed by atoms with van der Waals surface area (Å²) in [6, 6.07) is 26.9. The summed E-state index contributed by atoms with van der Waals surface area (Å²) < 4.78 is 5.69. The zero-order chi connectivity index (χ0) is 23.8. The van der Waals surface area contributed by atoms with Crippen molar-refractivity contribution in [2.75, 3.05) is 6.54 Å². The molecule has 0 saturated carbocycles. The minimum atomic E-state index is -1.10. The van der Waals surface area contributed by atoms with Crippen molar-refractivity contribution in [1.82, 2.24) is 0 Å². The van der Waals surface area contributed by atoms with E-state index >= 15 is 0 Å². The normalized spacial score (nSPS) is 12.9. The van der Waals surface area contributed by atoms with Crippen LogP contribution in [0, 0.1) is 10.1 Å². The second kappa shape index (κ2) is 10.7. The van der Waals surface area contributed by atoms with Crippen LogP contribution < -0.4 is 0 Å². The molecule has 0 unspecified atom stereocenters. The average molecular weight is 445 g/mol. The summed E-state index contributed by atoms with van der Waals surface area (Å²) in [6.07, 6.45) is 0. The molecule has 170 valence electrons. The Morgan fingerprint density at radius 3 is 1.76 bits per heavy atom. The molecule has 0 N–H and O–H groups in total. The number of hydrogen-bond donors (Lipinski definition) is 0. The minimum Gasteiger partial charge on any atom is -0.458 e. The Balaban J connectivity index is 2.20. The third-order valence-electron chi connectivity index (χ3n) is 4.97. The molecule has 3 rings (SSSR count). The van der Waals surface area contributed by atoms with E-state index in [0.717, 1.165) is 11.1 Å². The summed E-state index contributed by atoms with van der Waals surface area (Å²) in [5.74, 6) is -1.39.